The van der Waals surface area contributed by atoms with E-state index < -0.39 is 5.54 Å². The van der Waals surface area contributed by atoms with Gasteiger partial charge in [-0.1, -0.05) is 19.4 Å². The molecule has 3 nitrogen and oxygen atoms in total. The molecule has 1 fully saturated rings. The normalized spacial score (nSPS) is 26.5. The molecule has 0 bridgehead atoms. The molecule has 0 aliphatic heterocycles. The molecule has 3 heteroatoms. The summed E-state index contributed by atoms with van der Waals surface area (Å²) in [5.41, 5.74) is 0.564. The number of nitrogens with one attached hydrogen (secondary N) is 1. The molecule has 1 N–H and O–H groups in total. The predicted molar refractivity (Wildman–Crippen MR) is 77.2 cm³/mol. The Labute approximate surface area is 115 Å². The van der Waals surface area contributed by atoms with E-state index in [1.165, 1.54) is 6.42 Å². The number of hydrogen-bond donors (Lipinski definition) is 1. The highest BCUT2D eigenvalue weighted by Gasteiger charge is 2.34. The van der Waals surface area contributed by atoms with E-state index in [4.69, 9.17) is 4.74 Å². The Morgan fingerprint density at radius 3 is 2.74 bits per heavy atom. The van der Waals surface area contributed by atoms with Crippen LogP contribution in [0.5, 0.6) is 5.75 Å². The third kappa shape index (κ3) is 3.20. The smallest absolute Gasteiger partial charge is 0.125 e. The number of methoxy groups -OCH3 is 1. The van der Waals surface area contributed by atoms with Crippen molar-refractivity contribution in [1.82, 2.24) is 0 Å². The first kappa shape index (κ1) is 13.7. The van der Waals surface area contributed by atoms with Crippen molar-refractivity contribution in [2.75, 3.05) is 12.4 Å². The maximum absolute atomic E-state index is 9.54. The van der Waals surface area contributed by atoms with Gasteiger partial charge in [0.05, 0.1) is 13.2 Å². The Bertz CT molecular complexity index is 456. The molecule has 0 heterocycles. The topological polar surface area (TPSA) is 45.0 Å². The van der Waals surface area contributed by atoms with E-state index in [-0.39, 0.29) is 0 Å². The highest BCUT2D eigenvalue weighted by Crippen LogP contribution is 2.36. The number of nitrogens with zero attached hydrogens (tertiary/aromatic N) is 1. The first-order valence-electron chi connectivity index (χ1n) is 7.05. The summed E-state index contributed by atoms with van der Waals surface area (Å²) in [5, 5.41) is 13.0. The Kier molecular flexibility index (Phi) is 4.31. The van der Waals surface area contributed by atoms with Crippen molar-refractivity contribution in [3.63, 3.8) is 0 Å². The maximum atomic E-state index is 9.54. The first-order valence-corrected chi connectivity index (χ1v) is 7.05. The molecule has 0 amide bonds. The highest BCUT2D eigenvalue weighted by molar-refractivity contribution is 5.51. The van der Waals surface area contributed by atoms with E-state index >= 15 is 0 Å². The summed E-state index contributed by atoms with van der Waals surface area (Å²) in [6.07, 6.45) is 5.36. The Morgan fingerprint density at radius 2 is 2.16 bits per heavy atom. The summed E-state index contributed by atoms with van der Waals surface area (Å²) in [6, 6.07) is 10.3. The van der Waals surface area contributed by atoms with Crippen molar-refractivity contribution in [2.24, 2.45) is 5.92 Å². The fourth-order valence-corrected chi connectivity index (χ4v) is 2.82. The molecule has 0 aromatic heterocycles. The number of hydrogen-bond acceptors (Lipinski definition) is 3. The van der Waals surface area contributed by atoms with Crippen LogP contribution in [0.15, 0.2) is 24.3 Å². The number of rotatable bonds is 4. The van der Waals surface area contributed by atoms with Crippen molar-refractivity contribution >= 4 is 5.69 Å². The maximum Gasteiger partial charge on any atom is 0.125 e. The standard InChI is InChI=1S/C16H22N2O/c1-3-13-7-9-16(12-17,10-8-13)18-14-5-4-6-15(11-14)19-2/h4-6,11,13,18H,3,7-10H2,1-2H3. The molecule has 1 aliphatic rings. The molecule has 0 unspecified atom stereocenters. The number of anilines is 1. The second-order valence-electron chi connectivity index (χ2n) is 5.40. The average Bonchev–Trinajstić information content (AvgIpc) is 2.48. The SMILES string of the molecule is CCC1CCC(C#N)(Nc2cccc(OC)c2)CC1. The van der Waals surface area contributed by atoms with Gasteiger partial charge in [0, 0.05) is 11.8 Å². The lowest BCUT2D eigenvalue weighted by Gasteiger charge is -2.36. The molecule has 0 atom stereocenters. The van der Waals surface area contributed by atoms with Gasteiger partial charge in [0.15, 0.2) is 0 Å². The third-order valence-electron chi connectivity index (χ3n) is 4.20. The summed E-state index contributed by atoms with van der Waals surface area (Å²) in [4.78, 5) is 0. The van der Waals surface area contributed by atoms with Gasteiger partial charge in [0.2, 0.25) is 0 Å². The lowest BCUT2D eigenvalue weighted by atomic mass is 9.76. The Morgan fingerprint density at radius 1 is 1.42 bits per heavy atom. The van der Waals surface area contributed by atoms with Crippen LogP contribution >= 0.6 is 0 Å². The Balaban J connectivity index is 2.09. The molecule has 2 rings (SSSR count). The zero-order valence-electron chi connectivity index (χ0n) is 11.8. The van der Waals surface area contributed by atoms with Gasteiger partial charge in [-0.3, -0.25) is 0 Å². The summed E-state index contributed by atoms with van der Waals surface area (Å²) in [5.74, 6) is 1.61. The fraction of sp³-hybridized carbons (Fsp3) is 0.562. The van der Waals surface area contributed by atoms with Crippen LogP contribution in [-0.2, 0) is 0 Å². The minimum atomic E-state index is -0.405. The monoisotopic (exact) mass is 258 g/mol. The number of ether oxygens (including phenoxy) is 1. The second-order valence-corrected chi connectivity index (χ2v) is 5.40. The summed E-state index contributed by atoms with van der Waals surface area (Å²) in [7, 11) is 1.66. The average molecular weight is 258 g/mol. The van der Waals surface area contributed by atoms with Crippen molar-refractivity contribution < 1.29 is 4.74 Å². The van der Waals surface area contributed by atoms with Gasteiger partial charge in [0.25, 0.3) is 0 Å². The molecular formula is C16H22N2O. The predicted octanol–water partition coefficient (Wildman–Crippen LogP) is 3.97. The van der Waals surface area contributed by atoms with Crippen LogP contribution < -0.4 is 10.1 Å². The van der Waals surface area contributed by atoms with Crippen LogP contribution in [0, 0.1) is 17.2 Å². The molecular weight excluding hydrogens is 236 g/mol. The van der Waals surface area contributed by atoms with Gasteiger partial charge in [-0.05, 0) is 43.7 Å². The van der Waals surface area contributed by atoms with Crippen LogP contribution in [0.25, 0.3) is 0 Å². The molecule has 1 aliphatic carbocycles. The van der Waals surface area contributed by atoms with E-state index in [1.807, 2.05) is 24.3 Å². The highest BCUT2D eigenvalue weighted by atomic mass is 16.5. The minimum absolute atomic E-state index is 0.405. The number of nitriles is 1. The van der Waals surface area contributed by atoms with E-state index in [9.17, 15) is 5.26 Å². The summed E-state index contributed by atoms with van der Waals surface area (Å²) >= 11 is 0. The lowest BCUT2D eigenvalue weighted by Crippen LogP contribution is -2.40. The van der Waals surface area contributed by atoms with E-state index in [0.717, 1.165) is 43.0 Å². The van der Waals surface area contributed by atoms with Crippen LogP contribution in [-0.4, -0.2) is 12.6 Å². The first-order chi connectivity index (χ1) is 9.21. The molecule has 0 radical (unpaired) electrons. The van der Waals surface area contributed by atoms with E-state index in [1.54, 1.807) is 7.11 Å². The van der Waals surface area contributed by atoms with Crippen LogP contribution in [0.1, 0.15) is 39.0 Å². The van der Waals surface area contributed by atoms with Crippen molar-refractivity contribution in [3.8, 4) is 11.8 Å². The lowest BCUT2D eigenvalue weighted by molar-refractivity contribution is 0.290. The minimum Gasteiger partial charge on any atom is -0.497 e. The quantitative estimate of drug-likeness (QED) is 0.888. The van der Waals surface area contributed by atoms with E-state index in [2.05, 4.69) is 18.3 Å². The van der Waals surface area contributed by atoms with Crippen LogP contribution in [0.2, 0.25) is 0 Å². The van der Waals surface area contributed by atoms with Gasteiger partial charge in [-0.15, -0.1) is 0 Å². The molecule has 19 heavy (non-hydrogen) atoms. The zero-order valence-corrected chi connectivity index (χ0v) is 11.8. The summed E-state index contributed by atoms with van der Waals surface area (Å²) in [6.45, 7) is 2.24. The molecule has 0 spiro atoms. The van der Waals surface area contributed by atoms with Crippen LogP contribution in [0.4, 0.5) is 5.69 Å². The fourth-order valence-electron chi connectivity index (χ4n) is 2.82. The zero-order chi connectivity index (χ0) is 13.7. The van der Waals surface area contributed by atoms with Gasteiger partial charge in [-0.25, -0.2) is 0 Å². The summed E-state index contributed by atoms with van der Waals surface area (Å²) < 4.78 is 5.22. The largest absolute Gasteiger partial charge is 0.497 e. The molecule has 1 aromatic rings. The Hall–Kier alpha value is -1.69. The molecule has 1 aromatic carbocycles. The van der Waals surface area contributed by atoms with Crippen molar-refractivity contribution in [3.05, 3.63) is 24.3 Å². The van der Waals surface area contributed by atoms with Crippen LogP contribution in [0.3, 0.4) is 0 Å². The van der Waals surface area contributed by atoms with Crippen molar-refractivity contribution in [1.29, 1.82) is 5.26 Å². The van der Waals surface area contributed by atoms with Gasteiger partial charge in [-0.2, -0.15) is 5.26 Å². The second kappa shape index (κ2) is 5.97. The molecule has 0 saturated heterocycles. The van der Waals surface area contributed by atoms with Gasteiger partial charge >= 0.3 is 0 Å². The van der Waals surface area contributed by atoms with Crippen molar-refractivity contribution in [2.45, 2.75) is 44.6 Å². The third-order valence-corrected chi connectivity index (χ3v) is 4.20. The van der Waals surface area contributed by atoms with E-state index in [0.29, 0.717) is 0 Å². The molecule has 102 valence electrons. The van der Waals surface area contributed by atoms with Gasteiger partial charge < -0.3 is 10.1 Å². The van der Waals surface area contributed by atoms with Gasteiger partial charge in [0.1, 0.15) is 11.3 Å². The molecule has 1 saturated carbocycles. The number of benzene rings is 1.